The second-order valence-corrected chi connectivity index (χ2v) is 3.55. The van der Waals surface area contributed by atoms with Crippen molar-refractivity contribution < 1.29 is 14.7 Å². The van der Waals surface area contributed by atoms with Crippen LogP contribution in [0.5, 0.6) is 0 Å². The highest BCUT2D eigenvalue weighted by atomic mass is 35.5. The third-order valence-electron chi connectivity index (χ3n) is 1.98. The summed E-state index contributed by atoms with van der Waals surface area (Å²) in [7, 11) is 0. The first-order valence-electron chi connectivity index (χ1n) is 4.27. The summed E-state index contributed by atoms with van der Waals surface area (Å²) in [6, 6.07) is 6.30. The number of carbonyl (C=O) groups is 2. The second-order valence-electron chi connectivity index (χ2n) is 3.11. The zero-order chi connectivity index (χ0) is 11.4. The normalized spacial score (nSPS) is 12.1. The van der Waals surface area contributed by atoms with Crippen LogP contribution in [0.2, 0.25) is 5.02 Å². The second kappa shape index (κ2) is 4.79. The number of halogens is 1. The molecule has 1 aromatic rings. The van der Waals surface area contributed by atoms with Gasteiger partial charge in [0.1, 0.15) is 0 Å². The van der Waals surface area contributed by atoms with Gasteiger partial charge in [0.05, 0.1) is 5.92 Å². The van der Waals surface area contributed by atoms with Gasteiger partial charge < -0.3 is 10.8 Å². The molecule has 80 valence electrons. The fourth-order valence-corrected chi connectivity index (χ4v) is 1.37. The molecule has 0 radical (unpaired) electrons. The minimum Gasteiger partial charge on any atom is -0.481 e. The Kier molecular flexibility index (Phi) is 3.68. The average Bonchev–Trinajstić information content (AvgIpc) is 2.15. The molecule has 0 fully saturated rings. The number of hydrogen-bond acceptors (Lipinski definition) is 2. The van der Waals surface area contributed by atoms with E-state index in [2.05, 4.69) is 0 Å². The van der Waals surface area contributed by atoms with Crippen LogP contribution in [0.25, 0.3) is 0 Å². The maximum atomic E-state index is 10.9. The van der Waals surface area contributed by atoms with E-state index in [4.69, 9.17) is 22.4 Å². The van der Waals surface area contributed by atoms with Crippen molar-refractivity contribution in [3.63, 3.8) is 0 Å². The van der Waals surface area contributed by atoms with E-state index < -0.39 is 17.8 Å². The standard InChI is InChI=1S/C10H10ClNO3/c11-7-3-1-6(2-4-7)8(10(14)15)5-9(12)13/h1-4,8H,5H2,(H2,12,13)(H,14,15). The number of benzene rings is 1. The molecule has 5 heteroatoms. The Balaban J connectivity index is 2.94. The summed E-state index contributed by atoms with van der Waals surface area (Å²) < 4.78 is 0. The van der Waals surface area contributed by atoms with Crippen LogP contribution in [-0.2, 0) is 9.59 Å². The third kappa shape index (κ3) is 3.25. The van der Waals surface area contributed by atoms with Crippen molar-refractivity contribution in [3.8, 4) is 0 Å². The number of aliphatic carboxylic acids is 1. The topological polar surface area (TPSA) is 80.4 Å². The van der Waals surface area contributed by atoms with E-state index in [0.29, 0.717) is 10.6 Å². The molecule has 0 aromatic heterocycles. The predicted octanol–water partition coefficient (Wildman–Crippen LogP) is 1.38. The minimum atomic E-state index is -1.07. The summed E-state index contributed by atoms with van der Waals surface area (Å²) >= 11 is 5.66. The largest absolute Gasteiger partial charge is 0.481 e. The molecule has 1 unspecified atom stereocenters. The molecule has 1 aromatic carbocycles. The molecule has 1 atom stereocenters. The van der Waals surface area contributed by atoms with E-state index in [-0.39, 0.29) is 6.42 Å². The molecular weight excluding hydrogens is 218 g/mol. The Morgan fingerprint density at radius 1 is 1.33 bits per heavy atom. The first-order chi connectivity index (χ1) is 7.00. The molecule has 1 amide bonds. The highest BCUT2D eigenvalue weighted by Crippen LogP contribution is 2.21. The molecule has 1 rings (SSSR count). The molecule has 0 bridgehead atoms. The predicted molar refractivity (Wildman–Crippen MR) is 55.6 cm³/mol. The first kappa shape index (κ1) is 11.5. The summed E-state index contributed by atoms with van der Waals surface area (Å²) in [6.45, 7) is 0. The fourth-order valence-electron chi connectivity index (χ4n) is 1.24. The van der Waals surface area contributed by atoms with Crippen molar-refractivity contribution in [3.05, 3.63) is 34.9 Å². The van der Waals surface area contributed by atoms with Gasteiger partial charge in [0.15, 0.2) is 0 Å². The molecule has 0 aliphatic rings. The van der Waals surface area contributed by atoms with Gasteiger partial charge in [0.2, 0.25) is 5.91 Å². The van der Waals surface area contributed by atoms with Gasteiger partial charge in [0, 0.05) is 11.4 Å². The Bertz CT molecular complexity index is 375. The quantitative estimate of drug-likeness (QED) is 0.816. The van der Waals surface area contributed by atoms with Gasteiger partial charge in [-0.05, 0) is 17.7 Å². The van der Waals surface area contributed by atoms with Gasteiger partial charge >= 0.3 is 5.97 Å². The lowest BCUT2D eigenvalue weighted by Gasteiger charge is -2.10. The summed E-state index contributed by atoms with van der Waals surface area (Å²) in [5, 5.41) is 9.42. The van der Waals surface area contributed by atoms with Crippen molar-refractivity contribution >= 4 is 23.5 Å². The zero-order valence-electron chi connectivity index (χ0n) is 7.81. The summed E-state index contributed by atoms with van der Waals surface area (Å²) in [4.78, 5) is 21.6. The number of amides is 1. The van der Waals surface area contributed by atoms with E-state index in [1.807, 2.05) is 0 Å². The molecule has 0 aliphatic carbocycles. The minimum absolute atomic E-state index is 0.211. The van der Waals surface area contributed by atoms with Crippen molar-refractivity contribution in [2.45, 2.75) is 12.3 Å². The molecule has 0 heterocycles. The third-order valence-corrected chi connectivity index (χ3v) is 2.23. The van der Waals surface area contributed by atoms with E-state index in [0.717, 1.165) is 0 Å². The van der Waals surface area contributed by atoms with Crippen LogP contribution >= 0.6 is 11.6 Å². The first-order valence-corrected chi connectivity index (χ1v) is 4.65. The molecular formula is C10H10ClNO3. The summed E-state index contributed by atoms with van der Waals surface area (Å²) in [6.07, 6.45) is -0.211. The Labute approximate surface area is 91.7 Å². The van der Waals surface area contributed by atoms with Gasteiger partial charge in [0.25, 0.3) is 0 Å². The smallest absolute Gasteiger partial charge is 0.311 e. The number of carbonyl (C=O) groups excluding carboxylic acids is 1. The average molecular weight is 228 g/mol. The highest BCUT2D eigenvalue weighted by molar-refractivity contribution is 6.30. The number of rotatable bonds is 4. The van der Waals surface area contributed by atoms with Crippen LogP contribution in [0.15, 0.2) is 24.3 Å². The number of primary amides is 1. The van der Waals surface area contributed by atoms with Gasteiger partial charge in [-0.2, -0.15) is 0 Å². The van der Waals surface area contributed by atoms with Gasteiger partial charge in [-0.15, -0.1) is 0 Å². The molecule has 15 heavy (non-hydrogen) atoms. The Morgan fingerprint density at radius 2 is 1.87 bits per heavy atom. The van der Waals surface area contributed by atoms with Crippen LogP contribution in [-0.4, -0.2) is 17.0 Å². The van der Waals surface area contributed by atoms with Crippen molar-refractivity contribution in [2.24, 2.45) is 5.73 Å². The van der Waals surface area contributed by atoms with Crippen molar-refractivity contribution in [1.82, 2.24) is 0 Å². The molecule has 0 aliphatic heterocycles. The lowest BCUT2D eigenvalue weighted by atomic mass is 9.96. The lowest BCUT2D eigenvalue weighted by molar-refractivity contribution is -0.140. The molecule has 0 saturated heterocycles. The van der Waals surface area contributed by atoms with Crippen LogP contribution in [0.4, 0.5) is 0 Å². The monoisotopic (exact) mass is 227 g/mol. The van der Waals surface area contributed by atoms with Gasteiger partial charge in [-0.25, -0.2) is 0 Å². The zero-order valence-corrected chi connectivity index (χ0v) is 8.57. The lowest BCUT2D eigenvalue weighted by Crippen LogP contribution is -2.20. The maximum Gasteiger partial charge on any atom is 0.311 e. The maximum absolute atomic E-state index is 10.9. The number of nitrogens with two attached hydrogens (primary N) is 1. The number of carboxylic acid groups (broad SMARTS) is 1. The van der Waals surface area contributed by atoms with Crippen LogP contribution in [0.3, 0.4) is 0 Å². The number of hydrogen-bond donors (Lipinski definition) is 2. The highest BCUT2D eigenvalue weighted by Gasteiger charge is 2.21. The van der Waals surface area contributed by atoms with E-state index in [1.54, 1.807) is 24.3 Å². The molecule has 0 saturated carbocycles. The molecule has 3 N–H and O–H groups in total. The molecule has 4 nitrogen and oxygen atoms in total. The number of carboxylic acids is 1. The van der Waals surface area contributed by atoms with Crippen LogP contribution < -0.4 is 5.73 Å². The van der Waals surface area contributed by atoms with Gasteiger partial charge in [-0.3, -0.25) is 9.59 Å². The van der Waals surface area contributed by atoms with Crippen LogP contribution in [0.1, 0.15) is 17.9 Å². The van der Waals surface area contributed by atoms with E-state index in [1.165, 1.54) is 0 Å². The summed E-state index contributed by atoms with van der Waals surface area (Å²) in [5.74, 6) is -2.62. The van der Waals surface area contributed by atoms with E-state index in [9.17, 15) is 9.59 Å². The fraction of sp³-hybridized carbons (Fsp3) is 0.200. The van der Waals surface area contributed by atoms with Crippen LogP contribution in [0, 0.1) is 0 Å². The van der Waals surface area contributed by atoms with Crippen molar-refractivity contribution in [1.29, 1.82) is 0 Å². The Morgan fingerprint density at radius 3 is 2.27 bits per heavy atom. The van der Waals surface area contributed by atoms with E-state index >= 15 is 0 Å². The molecule has 0 spiro atoms. The summed E-state index contributed by atoms with van der Waals surface area (Å²) in [5.41, 5.74) is 5.49. The van der Waals surface area contributed by atoms with Crippen molar-refractivity contribution in [2.75, 3.05) is 0 Å². The SMILES string of the molecule is NC(=O)CC(C(=O)O)c1ccc(Cl)cc1. The Hall–Kier alpha value is -1.55. The van der Waals surface area contributed by atoms with Gasteiger partial charge in [-0.1, -0.05) is 23.7 Å².